The molecule has 1 heterocycles. The van der Waals surface area contributed by atoms with Crippen LogP contribution in [0.3, 0.4) is 0 Å². The number of benzene rings is 2. The highest BCUT2D eigenvalue weighted by molar-refractivity contribution is 7.80. The molecule has 0 aliphatic heterocycles. The number of ether oxygens (including phenoxy) is 2. The van der Waals surface area contributed by atoms with Gasteiger partial charge in [-0.25, -0.2) is 0 Å². The summed E-state index contributed by atoms with van der Waals surface area (Å²) in [6.45, 7) is 5.23. The number of nitrogens with one attached hydrogen (secondary N) is 2. The van der Waals surface area contributed by atoms with Crippen molar-refractivity contribution in [2.45, 2.75) is 26.4 Å². The number of hydrogen-bond donors (Lipinski definition) is 2. The molecule has 0 saturated heterocycles. The highest BCUT2D eigenvalue weighted by Crippen LogP contribution is 2.20. The first-order valence-electron chi connectivity index (χ1n) is 11.5. The van der Waals surface area contributed by atoms with Crippen molar-refractivity contribution in [1.82, 2.24) is 20.1 Å². The van der Waals surface area contributed by atoms with E-state index >= 15 is 0 Å². The van der Waals surface area contributed by atoms with E-state index in [4.69, 9.17) is 21.7 Å². The molecule has 0 unspecified atom stereocenters. The minimum atomic E-state index is -0.119. The van der Waals surface area contributed by atoms with Crippen LogP contribution in [0.4, 0.5) is 0 Å². The Labute approximate surface area is 206 Å². The summed E-state index contributed by atoms with van der Waals surface area (Å²) in [6.07, 6.45) is 0.972. The van der Waals surface area contributed by atoms with Crippen molar-refractivity contribution < 1.29 is 9.47 Å². The molecule has 7 nitrogen and oxygen atoms in total. The summed E-state index contributed by atoms with van der Waals surface area (Å²) < 4.78 is 10.9. The third-order valence-corrected chi connectivity index (χ3v) is 5.85. The largest absolute Gasteiger partial charge is 0.497 e. The van der Waals surface area contributed by atoms with Gasteiger partial charge in [-0.05, 0) is 88.2 Å². The Morgan fingerprint density at radius 1 is 1.06 bits per heavy atom. The Hall–Kier alpha value is -3.10. The van der Waals surface area contributed by atoms with Gasteiger partial charge in [0, 0.05) is 29.6 Å². The van der Waals surface area contributed by atoms with Crippen LogP contribution in [0.2, 0.25) is 0 Å². The number of aromatic amines is 1. The second-order valence-electron chi connectivity index (χ2n) is 8.40. The zero-order valence-electron chi connectivity index (χ0n) is 20.4. The second kappa shape index (κ2) is 12.4. The van der Waals surface area contributed by atoms with E-state index in [1.807, 2.05) is 60.4 Å². The molecule has 2 N–H and O–H groups in total. The lowest BCUT2D eigenvalue weighted by Gasteiger charge is -2.26. The van der Waals surface area contributed by atoms with Crippen LogP contribution < -0.4 is 20.3 Å². The SMILES string of the molecule is CCOc1ccc2[nH]c(=O)c(CN(Cc3ccc(OC)cc3)C(=S)NCCCN(C)C)cc2c1. The van der Waals surface area contributed by atoms with Crippen LogP contribution in [-0.2, 0) is 13.1 Å². The number of rotatable bonds is 11. The van der Waals surface area contributed by atoms with Gasteiger partial charge in [0.25, 0.3) is 5.56 Å². The molecule has 0 bridgehead atoms. The van der Waals surface area contributed by atoms with Gasteiger partial charge < -0.3 is 29.6 Å². The van der Waals surface area contributed by atoms with E-state index in [0.29, 0.717) is 30.4 Å². The second-order valence-corrected chi connectivity index (χ2v) is 8.79. The molecule has 0 spiro atoms. The predicted molar refractivity (Wildman–Crippen MR) is 142 cm³/mol. The Kier molecular flexibility index (Phi) is 9.30. The Morgan fingerprint density at radius 3 is 2.47 bits per heavy atom. The summed E-state index contributed by atoms with van der Waals surface area (Å²) in [5, 5.41) is 4.91. The van der Waals surface area contributed by atoms with Gasteiger partial charge >= 0.3 is 0 Å². The lowest BCUT2D eigenvalue weighted by molar-refractivity contribution is 0.340. The van der Waals surface area contributed by atoms with Crippen molar-refractivity contribution in [2.24, 2.45) is 0 Å². The first kappa shape index (κ1) is 25.5. The number of methoxy groups -OCH3 is 1. The molecule has 34 heavy (non-hydrogen) atoms. The lowest BCUT2D eigenvalue weighted by atomic mass is 10.1. The summed E-state index contributed by atoms with van der Waals surface area (Å²) in [5.74, 6) is 1.58. The van der Waals surface area contributed by atoms with E-state index in [1.54, 1.807) is 7.11 Å². The molecule has 0 radical (unpaired) electrons. The van der Waals surface area contributed by atoms with Gasteiger partial charge in [0.15, 0.2) is 5.11 Å². The van der Waals surface area contributed by atoms with Gasteiger partial charge in [0.1, 0.15) is 11.5 Å². The molecule has 0 aliphatic carbocycles. The Bertz CT molecular complexity index is 1140. The number of thiocarbonyl (C=S) groups is 1. The zero-order valence-corrected chi connectivity index (χ0v) is 21.2. The Morgan fingerprint density at radius 2 is 1.79 bits per heavy atom. The highest BCUT2D eigenvalue weighted by atomic mass is 32.1. The summed E-state index contributed by atoms with van der Waals surface area (Å²) in [5.41, 5.74) is 2.39. The van der Waals surface area contributed by atoms with Gasteiger partial charge in [-0.3, -0.25) is 4.79 Å². The molecule has 0 fully saturated rings. The zero-order chi connectivity index (χ0) is 24.5. The fourth-order valence-corrected chi connectivity index (χ4v) is 3.89. The summed E-state index contributed by atoms with van der Waals surface area (Å²) in [4.78, 5) is 20.0. The van der Waals surface area contributed by atoms with E-state index in [-0.39, 0.29) is 5.56 Å². The van der Waals surface area contributed by atoms with E-state index in [9.17, 15) is 4.79 Å². The first-order valence-corrected chi connectivity index (χ1v) is 11.9. The minimum Gasteiger partial charge on any atom is -0.497 e. The highest BCUT2D eigenvalue weighted by Gasteiger charge is 2.14. The van der Waals surface area contributed by atoms with E-state index in [2.05, 4.69) is 29.3 Å². The molecule has 182 valence electrons. The predicted octanol–water partition coefficient (Wildman–Crippen LogP) is 3.76. The number of H-pyrrole nitrogens is 1. The molecule has 8 heteroatoms. The molecule has 0 atom stereocenters. The normalized spacial score (nSPS) is 11.0. The van der Waals surface area contributed by atoms with Crippen LogP contribution in [-0.4, -0.2) is 60.8 Å². The fourth-order valence-electron chi connectivity index (χ4n) is 3.66. The van der Waals surface area contributed by atoms with Crippen molar-refractivity contribution in [3.8, 4) is 11.5 Å². The molecular formula is C26H34N4O3S. The third kappa shape index (κ3) is 7.20. The molecule has 2 aromatic carbocycles. The van der Waals surface area contributed by atoms with Crippen molar-refractivity contribution in [3.63, 3.8) is 0 Å². The number of nitrogens with zero attached hydrogens (tertiary/aromatic N) is 2. The maximum absolute atomic E-state index is 12.9. The fraction of sp³-hybridized carbons (Fsp3) is 0.385. The van der Waals surface area contributed by atoms with Gasteiger partial charge in [0.05, 0.1) is 20.3 Å². The number of fused-ring (bicyclic) bond motifs is 1. The third-order valence-electron chi connectivity index (χ3n) is 5.44. The molecule has 0 aliphatic rings. The van der Waals surface area contributed by atoms with Crippen LogP contribution in [0, 0.1) is 0 Å². The quantitative estimate of drug-likeness (QED) is 0.319. The summed E-state index contributed by atoms with van der Waals surface area (Å²) in [7, 11) is 5.76. The Balaban J connectivity index is 1.83. The van der Waals surface area contributed by atoms with Crippen molar-refractivity contribution in [3.05, 3.63) is 70.0 Å². The van der Waals surface area contributed by atoms with Crippen molar-refractivity contribution in [2.75, 3.05) is 40.9 Å². The van der Waals surface area contributed by atoms with Crippen LogP contribution >= 0.6 is 12.2 Å². The minimum absolute atomic E-state index is 0.119. The first-order chi connectivity index (χ1) is 16.4. The van der Waals surface area contributed by atoms with Crippen LogP contribution in [0.1, 0.15) is 24.5 Å². The maximum Gasteiger partial charge on any atom is 0.253 e. The summed E-state index contributed by atoms with van der Waals surface area (Å²) in [6, 6.07) is 15.5. The van der Waals surface area contributed by atoms with Crippen LogP contribution in [0.15, 0.2) is 53.3 Å². The average Bonchev–Trinajstić information content (AvgIpc) is 2.82. The van der Waals surface area contributed by atoms with Crippen LogP contribution in [0.25, 0.3) is 10.9 Å². The number of hydrogen-bond acceptors (Lipinski definition) is 5. The number of aromatic nitrogens is 1. The number of pyridine rings is 1. The maximum atomic E-state index is 12.9. The van der Waals surface area contributed by atoms with E-state index in [1.165, 1.54) is 0 Å². The standard InChI is InChI=1S/C26H34N4O3S/c1-5-33-23-11-12-24-20(16-23)15-21(25(31)28-24)18-30(26(34)27-13-6-14-29(2)3)17-19-7-9-22(32-4)10-8-19/h7-12,15-16H,5-6,13-14,17-18H2,1-4H3,(H,27,34)(H,28,31). The van der Waals surface area contributed by atoms with Gasteiger partial charge in [-0.2, -0.15) is 0 Å². The monoisotopic (exact) mass is 482 g/mol. The molecule has 3 aromatic rings. The van der Waals surface area contributed by atoms with E-state index in [0.717, 1.165) is 47.5 Å². The summed E-state index contributed by atoms with van der Waals surface area (Å²) >= 11 is 5.74. The molecule has 3 rings (SSSR count). The topological polar surface area (TPSA) is 69.8 Å². The van der Waals surface area contributed by atoms with Gasteiger partial charge in [0.2, 0.25) is 0 Å². The molecule has 1 aromatic heterocycles. The van der Waals surface area contributed by atoms with Gasteiger partial charge in [-0.15, -0.1) is 0 Å². The molecule has 0 amide bonds. The van der Waals surface area contributed by atoms with Gasteiger partial charge in [-0.1, -0.05) is 12.1 Å². The smallest absolute Gasteiger partial charge is 0.253 e. The van der Waals surface area contributed by atoms with E-state index < -0.39 is 0 Å². The average molecular weight is 483 g/mol. The van der Waals surface area contributed by atoms with Crippen LogP contribution in [0.5, 0.6) is 11.5 Å². The lowest BCUT2D eigenvalue weighted by Crippen LogP contribution is -2.40. The molecular weight excluding hydrogens is 448 g/mol. The van der Waals surface area contributed by atoms with Crippen molar-refractivity contribution >= 4 is 28.2 Å². The van der Waals surface area contributed by atoms with Crippen molar-refractivity contribution in [1.29, 1.82) is 0 Å². The molecule has 0 saturated carbocycles.